The van der Waals surface area contributed by atoms with Crippen molar-refractivity contribution in [2.24, 2.45) is 0 Å². The molecule has 3 heteroatoms. The summed E-state index contributed by atoms with van der Waals surface area (Å²) in [5, 5.41) is 0. The smallest absolute Gasteiger partial charge is 0.315 e. The molecule has 0 amide bonds. The number of rotatable bonds is 0. The van der Waals surface area contributed by atoms with Gasteiger partial charge >= 0.3 is 6.01 Å². The highest BCUT2D eigenvalue weighted by Gasteiger charge is 2.12. The lowest BCUT2D eigenvalue weighted by atomic mass is 9.91. The van der Waals surface area contributed by atoms with Gasteiger partial charge < -0.3 is 4.42 Å². The Kier molecular flexibility index (Phi) is 1.54. The molecule has 1 aromatic carbocycles. The van der Waals surface area contributed by atoms with Gasteiger partial charge in [0.05, 0.1) is 0 Å². The molecule has 0 unspecified atom stereocenters. The van der Waals surface area contributed by atoms with Crippen LogP contribution in [0.5, 0.6) is 0 Å². The van der Waals surface area contributed by atoms with E-state index in [0.717, 1.165) is 23.9 Å². The molecule has 0 saturated carbocycles. The van der Waals surface area contributed by atoms with E-state index in [0.29, 0.717) is 0 Å². The Morgan fingerprint density at radius 1 is 1.14 bits per heavy atom. The largest absolute Gasteiger partial charge is 0.422 e. The fraction of sp³-hybridized carbons (Fsp3) is 0.364. The normalized spacial score (nSPS) is 15.7. The number of aryl methyl sites for hydroxylation is 2. The lowest BCUT2D eigenvalue weighted by Crippen LogP contribution is -2.01. The molecule has 0 fully saturated rings. The maximum Gasteiger partial charge on any atom is 0.315 e. The molecule has 1 aromatic heterocycles. The highest BCUT2D eigenvalue weighted by Crippen LogP contribution is 2.27. The van der Waals surface area contributed by atoms with E-state index in [9.17, 15) is 0 Å². The van der Waals surface area contributed by atoms with Crippen LogP contribution in [0.4, 0.5) is 6.01 Å². The van der Waals surface area contributed by atoms with Gasteiger partial charge in [-0.2, -0.15) is 4.98 Å². The fourth-order valence-electron chi connectivity index (χ4n) is 2.16. The summed E-state index contributed by atoms with van der Waals surface area (Å²) in [6, 6.07) is 4.14. The lowest BCUT2D eigenvalue weighted by Gasteiger charge is -2.14. The topological polar surface area (TPSA) is 49.8 Å². The first-order chi connectivity index (χ1) is 6.83. The molecular weight excluding hydrogens is 176 g/mol. The van der Waals surface area contributed by atoms with E-state index in [2.05, 4.69) is 17.1 Å². The van der Waals surface area contributed by atoms with Crippen molar-refractivity contribution in [1.29, 1.82) is 0 Å². The zero-order valence-corrected chi connectivity index (χ0v) is 7.84. The monoisotopic (exact) mass is 187 g/mol. The van der Waals surface area contributed by atoms with Crippen molar-refractivity contribution in [2.75, 3.05) is 0 Å². The second kappa shape index (κ2) is 2.74. The number of nitrogens with one attached hydrogen (secondary N) is 1. The van der Waals surface area contributed by atoms with Crippen molar-refractivity contribution in [2.45, 2.75) is 25.7 Å². The van der Waals surface area contributed by atoms with E-state index < -0.39 is 0 Å². The van der Waals surface area contributed by atoms with Crippen LogP contribution in [-0.2, 0) is 12.8 Å². The Morgan fingerprint density at radius 2 is 1.86 bits per heavy atom. The van der Waals surface area contributed by atoms with Gasteiger partial charge in [-0.3, -0.25) is 0 Å². The number of oxazole rings is 1. The molecule has 1 radical (unpaired) electrons. The summed E-state index contributed by atoms with van der Waals surface area (Å²) in [5.74, 6) is 0. The molecule has 3 rings (SSSR count). The first-order valence-electron chi connectivity index (χ1n) is 4.97. The Balaban J connectivity index is 2.26. The zero-order valence-electron chi connectivity index (χ0n) is 7.84. The molecule has 71 valence electrons. The van der Waals surface area contributed by atoms with Crippen molar-refractivity contribution in [3.8, 4) is 0 Å². The van der Waals surface area contributed by atoms with Crippen LogP contribution in [-0.4, -0.2) is 4.98 Å². The third kappa shape index (κ3) is 1.09. The lowest BCUT2D eigenvalue weighted by molar-refractivity contribution is 0.606. The van der Waals surface area contributed by atoms with Gasteiger partial charge in [-0.1, -0.05) is 0 Å². The van der Waals surface area contributed by atoms with Crippen LogP contribution >= 0.6 is 0 Å². The van der Waals surface area contributed by atoms with Crippen LogP contribution in [0.3, 0.4) is 0 Å². The molecule has 1 aliphatic rings. The molecule has 2 aromatic rings. The maximum atomic E-state index is 7.32. The molecule has 3 nitrogen and oxygen atoms in total. The Labute approximate surface area is 81.9 Å². The second-order valence-corrected chi connectivity index (χ2v) is 3.81. The standard InChI is InChI=1S/C11H11N2O/c12-11-13-9-5-7-3-1-2-4-8(7)6-10(9)14-11/h5-6,12H,1-4H2. The first kappa shape index (κ1) is 7.85. The molecule has 1 heterocycles. The van der Waals surface area contributed by atoms with Crippen LogP contribution in [0.2, 0.25) is 0 Å². The molecule has 1 aliphatic carbocycles. The van der Waals surface area contributed by atoms with Crippen molar-refractivity contribution >= 4 is 17.1 Å². The van der Waals surface area contributed by atoms with Gasteiger partial charge in [0.25, 0.3) is 0 Å². The van der Waals surface area contributed by atoms with Crippen molar-refractivity contribution < 1.29 is 4.42 Å². The summed E-state index contributed by atoms with van der Waals surface area (Å²) in [6.45, 7) is 0. The van der Waals surface area contributed by atoms with Gasteiger partial charge in [0.2, 0.25) is 0 Å². The highest BCUT2D eigenvalue weighted by molar-refractivity contribution is 5.76. The number of aromatic nitrogens is 1. The van der Waals surface area contributed by atoms with E-state index in [1.807, 2.05) is 0 Å². The fourth-order valence-corrected chi connectivity index (χ4v) is 2.16. The molecule has 0 bridgehead atoms. The van der Waals surface area contributed by atoms with E-state index in [4.69, 9.17) is 10.2 Å². The molecule has 0 aliphatic heterocycles. The first-order valence-corrected chi connectivity index (χ1v) is 4.97. The van der Waals surface area contributed by atoms with Gasteiger partial charge in [-0.25, -0.2) is 5.73 Å². The van der Waals surface area contributed by atoms with Crippen LogP contribution in [0.15, 0.2) is 16.5 Å². The predicted molar refractivity (Wildman–Crippen MR) is 53.4 cm³/mol. The van der Waals surface area contributed by atoms with E-state index in [1.54, 1.807) is 0 Å². The number of hydrogen-bond donors (Lipinski definition) is 0. The van der Waals surface area contributed by atoms with Gasteiger partial charge in [0, 0.05) is 0 Å². The Morgan fingerprint density at radius 3 is 2.64 bits per heavy atom. The number of hydrogen-bond acceptors (Lipinski definition) is 2. The maximum absolute atomic E-state index is 7.32. The molecule has 0 atom stereocenters. The average Bonchev–Trinajstić information content (AvgIpc) is 2.53. The number of fused-ring (bicyclic) bond motifs is 2. The van der Waals surface area contributed by atoms with E-state index in [1.165, 1.54) is 24.0 Å². The summed E-state index contributed by atoms with van der Waals surface area (Å²) in [4.78, 5) is 4.02. The SMILES string of the molecule is [NH]c1nc2cc3c(cc2o1)CCCC3. The van der Waals surface area contributed by atoms with Crippen LogP contribution < -0.4 is 5.73 Å². The summed E-state index contributed by atoms with van der Waals surface area (Å²) in [5.41, 5.74) is 11.7. The molecule has 14 heavy (non-hydrogen) atoms. The van der Waals surface area contributed by atoms with Crippen molar-refractivity contribution in [3.63, 3.8) is 0 Å². The zero-order chi connectivity index (χ0) is 9.54. The van der Waals surface area contributed by atoms with E-state index in [-0.39, 0.29) is 6.01 Å². The summed E-state index contributed by atoms with van der Waals surface area (Å²) >= 11 is 0. The summed E-state index contributed by atoms with van der Waals surface area (Å²) in [7, 11) is 0. The molecule has 1 N–H and O–H groups in total. The minimum absolute atomic E-state index is 0.0161. The summed E-state index contributed by atoms with van der Waals surface area (Å²) < 4.78 is 5.19. The average molecular weight is 187 g/mol. The van der Waals surface area contributed by atoms with Crippen LogP contribution in [0, 0.1) is 0 Å². The predicted octanol–water partition coefficient (Wildman–Crippen LogP) is 2.62. The van der Waals surface area contributed by atoms with E-state index >= 15 is 0 Å². The van der Waals surface area contributed by atoms with Crippen LogP contribution in [0.25, 0.3) is 11.1 Å². The van der Waals surface area contributed by atoms with Crippen LogP contribution in [0.1, 0.15) is 24.0 Å². The quantitative estimate of drug-likeness (QED) is 0.636. The van der Waals surface area contributed by atoms with Gasteiger partial charge in [0.1, 0.15) is 5.52 Å². The minimum Gasteiger partial charge on any atom is -0.422 e. The Hall–Kier alpha value is -1.51. The third-order valence-corrected chi connectivity index (χ3v) is 2.85. The number of benzene rings is 1. The molecule has 0 spiro atoms. The Bertz CT molecular complexity index is 444. The highest BCUT2D eigenvalue weighted by atomic mass is 16.4. The second-order valence-electron chi connectivity index (χ2n) is 3.81. The van der Waals surface area contributed by atoms with Crippen molar-refractivity contribution in [1.82, 2.24) is 10.7 Å². The van der Waals surface area contributed by atoms with Gasteiger partial charge in [-0.05, 0) is 48.9 Å². The van der Waals surface area contributed by atoms with Crippen molar-refractivity contribution in [3.05, 3.63) is 23.3 Å². The van der Waals surface area contributed by atoms with Gasteiger partial charge in [0.15, 0.2) is 5.58 Å². The molecular formula is C11H11N2O. The third-order valence-electron chi connectivity index (χ3n) is 2.85. The van der Waals surface area contributed by atoms with Gasteiger partial charge in [-0.15, -0.1) is 0 Å². The minimum atomic E-state index is 0.0161. The number of nitrogens with zero attached hydrogens (tertiary/aromatic N) is 1. The summed E-state index contributed by atoms with van der Waals surface area (Å²) in [6.07, 6.45) is 4.81. The molecule has 0 saturated heterocycles.